The summed E-state index contributed by atoms with van der Waals surface area (Å²) in [5.41, 5.74) is 4.88. The fourth-order valence-corrected chi connectivity index (χ4v) is 2.06. The smallest absolute Gasteiger partial charge is 0.335 e. The van der Waals surface area contributed by atoms with E-state index in [4.69, 9.17) is 9.52 Å². The maximum Gasteiger partial charge on any atom is 0.335 e. The van der Waals surface area contributed by atoms with Crippen LogP contribution in [0.2, 0.25) is 0 Å². The van der Waals surface area contributed by atoms with E-state index in [1.165, 1.54) is 5.56 Å². The number of hydrogen-bond acceptors (Lipinski definition) is 3. The summed E-state index contributed by atoms with van der Waals surface area (Å²) in [4.78, 5) is 15.3. The van der Waals surface area contributed by atoms with Crippen LogP contribution in [0.4, 0.5) is 0 Å². The van der Waals surface area contributed by atoms with Gasteiger partial charge in [-0.25, -0.2) is 9.78 Å². The van der Waals surface area contributed by atoms with E-state index in [9.17, 15) is 4.79 Å². The first-order valence-corrected chi connectivity index (χ1v) is 6.26. The second kappa shape index (κ2) is 4.49. The Balaban J connectivity index is 2.07. The van der Waals surface area contributed by atoms with E-state index in [-0.39, 0.29) is 5.56 Å². The van der Waals surface area contributed by atoms with Crippen molar-refractivity contribution in [3.63, 3.8) is 0 Å². The Hall–Kier alpha value is -2.62. The second-order valence-electron chi connectivity index (χ2n) is 4.81. The first kappa shape index (κ1) is 12.4. The number of nitrogens with zero attached hydrogens (tertiary/aromatic N) is 1. The lowest BCUT2D eigenvalue weighted by Gasteiger charge is -1.96. The molecule has 3 rings (SSSR count). The molecule has 0 amide bonds. The minimum atomic E-state index is -0.944. The highest BCUT2D eigenvalue weighted by molar-refractivity contribution is 5.88. The summed E-state index contributed by atoms with van der Waals surface area (Å²) < 4.78 is 5.73. The minimum absolute atomic E-state index is 0.247. The highest BCUT2D eigenvalue weighted by Gasteiger charge is 2.10. The Morgan fingerprint density at radius 3 is 2.40 bits per heavy atom. The third-order valence-electron chi connectivity index (χ3n) is 3.38. The SMILES string of the molecule is Cc1cc2nc(-c3ccc(C(=O)O)cc3)oc2cc1C. The molecule has 20 heavy (non-hydrogen) atoms. The summed E-state index contributed by atoms with van der Waals surface area (Å²) in [6, 6.07) is 10.4. The molecule has 100 valence electrons. The number of fused-ring (bicyclic) bond motifs is 1. The van der Waals surface area contributed by atoms with Crippen LogP contribution in [0.1, 0.15) is 21.5 Å². The van der Waals surface area contributed by atoms with Gasteiger partial charge in [0, 0.05) is 5.56 Å². The number of carboxylic acids is 1. The van der Waals surface area contributed by atoms with Crippen LogP contribution in [0.25, 0.3) is 22.6 Å². The molecule has 0 aliphatic carbocycles. The van der Waals surface area contributed by atoms with Crippen molar-refractivity contribution < 1.29 is 14.3 Å². The Morgan fingerprint density at radius 1 is 1.10 bits per heavy atom. The summed E-state index contributed by atoms with van der Waals surface area (Å²) in [5, 5.41) is 8.88. The van der Waals surface area contributed by atoms with Crippen molar-refractivity contribution in [3.05, 3.63) is 53.1 Å². The van der Waals surface area contributed by atoms with Crippen LogP contribution in [0.15, 0.2) is 40.8 Å². The number of oxazole rings is 1. The number of aromatic carboxylic acids is 1. The summed E-state index contributed by atoms with van der Waals surface area (Å²) in [6.07, 6.45) is 0. The molecule has 4 nitrogen and oxygen atoms in total. The molecule has 0 fully saturated rings. The summed E-state index contributed by atoms with van der Waals surface area (Å²) in [5.74, 6) is -0.442. The van der Waals surface area contributed by atoms with Gasteiger partial charge >= 0.3 is 5.97 Å². The summed E-state index contributed by atoms with van der Waals surface area (Å²) in [7, 11) is 0. The van der Waals surface area contributed by atoms with Crippen molar-refractivity contribution in [1.82, 2.24) is 4.98 Å². The Labute approximate surface area is 115 Å². The van der Waals surface area contributed by atoms with E-state index < -0.39 is 5.97 Å². The van der Waals surface area contributed by atoms with Crippen LogP contribution >= 0.6 is 0 Å². The quantitative estimate of drug-likeness (QED) is 0.766. The van der Waals surface area contributed by atoms with Gasteiger partial charge in [0.15, 0.2) is 5.58 Å². The van der Waals surface area contributed by atoms with Crippen LogP contribution in [-0.2, 0) is 0 Å². The lowest BCUT2D eigenvalue weighted by atomic mass is 10.1. The maximum absolute atomic E-state index is 10.8. The molecule has 0 radical (unpaired) electrons. The summed E-state index contributed by atoms with van der Waals surface area (Å²) in [6.45, 7) is 4.06. The first-order valence-electron chi connectivity index (χ1n) is 6.26. The highest BCUT2D eigenvalue weighted by Crippen LogP contribution is 2.26. The fourth-order valence-electron chi connectivity index (χ4n) is 2.06. The number of carboxylic acid groups (broad SMARTS) is 1. The molecule has 3 aromatic rings. The van der Waals surface area contributed by atoms with Crippen molar-refractivity contribution in [2.45, 2.75) is 13.8 Å². The number of aryl methyl sites for hydroxylation is 2. The molecule has 1 heterocycles. The van der Waals surface area contributed by atoms with E-state index in [1.807, 2.05) is 26.0 Å². The van der Waals surface area contributed by atoms with E-state index in [0.29, 0.717) is 5.89 Å². The Kier molecular flexibility index (Phi) is 2.79. The molecule has 0 bridgehead atoms. The maximum atomic E-state index is 10.8. The fraction of sp³-hybridized carbons (Fsp3) is 0.125. The highest BCUT2D eigenvalue weighted by atomic mass is 16.4. The van der Waals surface area contributed by atoms with E-state index >= 15 is 0 Å². The largest absolute Gasteiger partial charge is 0.478 e. The Morgan fingerprint density at radius 2 is 1.75 bits per heavy atom. The molecule has 0 aliphatic heterocycles. The van der Waals surface area contributed by atoms with Crippen molar-refractivity contribution in [2.24, 2.45) is 0 Å². The minimum Gasteiger partial charge on any atom is -0.478 e. The van der Waals surface area contributed by atoms with Crippen molar-refractivity contribution in [3.8, 4) is 11.5 Å². The molecule has 0 saturated heterocycles. The molecule has 4 heteroatoms. The van der Waals surface area contributed by atoms with Crippen LogP contribution in [0.5, 0.6) is 0 Å². The van der Waals surface area contributed by atoms with Crippen molar-refractivity contribution >= 4 is 17.1 Å². The predicted octanol–water partition coefficient (Wildman–Crippen LogP) is 3.81. The zero-order valence-corrected chi connectivity index (χ0v) is 11.2. The molecule has 0 saturated carbocycles. The van der Waals surface area contributed by atoms with Crippen molar-refractivity contribution in [2.75, 3.05) is 0 Å². The van der Waals surface area contributed by atoms with Crippen molar-refractivity contribution in [1.29, 1.82) is 0 Å². The second-order valence-corrected chi connectivity index (χ2v) is 4.81. The average Bonchev–Trinajstić information content (AvgIpc) is 2.82. The third kappa shape index (κ3) is 2.05. The normalized spacial score (nSPS) is 10.9. The van der Waals surface area contributed by atoms with Gasteiger partial charge in [-0.2, -0.15) is 0 Å². The molecule has 0 atom stereocenters. The zero-order valence-electron chi connectivity index (χ0n) is 11.2. The first-order chi connectivity index (χ1) is 9.54. The van der Waals surface area contributed by atoms with Gasteiger partial charge in [0.05, 0.1) is 5.56 Å². The van der Waals surface area contributed by atoms with Gasteiger partial charge in [-0.15, -0.1) is 0 Å². The summed E-state index contributed by atoms with van der Waals surface area (Å²) >= 11 is 0. The van der Waals surface area contributed by atoms with E-state index in [1.54, 1.807) is 24.3 Å². The molecule has 1 N–H and O–H groups in total. The number of aromatic nitrogens is 1. The zero-order chi connectivity index (χ0) is 14.3. The average molecular weight is 267 g/mol. The number of carbonyl (C=O) groups is 1. The van der Waals surface area contributed by atoms with Gasteiger partial charge in [-0.05, 0) is 61.4 Å². The molecule has 0 unspecified atom stereocenters. The molecule has 0 aliphatic rings. The van der Waals surface area contributed by atoms with E-state index in [0.717, 1.165) is 22.2 Å². The number of rotatable bonds is 2. The van der Waals surface area contributed by atoms with Gasteiger partial charge in [0.2, 0.25) is 5.89 Å². The standard InChI is InChI=1S/C16H13NO3/c1-9-7-13-14(8-10(9)2)20-15(17-13)11-3-5-12(6-4-11)16(18)19/h3-8H,1-2H3,(H,18,19). The topological polar surface area (TPSA) is 63.3 Å². The molecule has 1 aromatic heterocycles. The lowest BCUT2D eigenvalue weighted by Crippen LogP contribution is -1.94. The van der Waals surface area contributed by atoms with E-state index in [2.05, 4.69) is 4.98 Å². The predicted molar refractivity (Wildman–Crippen MR) is 75.9 cm³/mol. The van der Waals surface area contributed by atoms with Gasteiger partial charge in [-0.3, -0.25) is 0 Å². The number of hydrogen-bond donors (Lipinski definition) is 1. The van der Waals surface area contributed by atoms with Gasteiger partial charge < -0.3 is 9.52 Å². The van der Waals surface area contributed by atoms with Gasteiger partial charge in [0.1, 0.15) is 5.52 Å². The molecule has 2 aromatic carbocycles. The molecule has 0 spiro atoms. The van der Waals surface area contributed by atoms with Gasteiger partial charge in [-0.1, -0.05) is 0 Å². The van der Waals surface area contributed by atoms with Gasteiger partial charge in [0.25, 0.3) is 0 Å². The molecular weight excluding hydrogens is 254 g/mol. The van der Waals surface area contributed by atoms with Crippen LogP contribution in [-0.4, -0.2) is 16.1 Å². The van der Waals surface area contributed by atoms with Crippen LogP contribution < -0.4 is 0 Å². The number of benzene rings is 2. The van der Waals surface area contributed by atoms with Crippen LogP contribution in [0.3, 0.4) is 0 Å². The molecular formula is C16H13NO3. The Bertz CT molecular complexity index is 761. The lowest BCUT2D eigenvalue weighted by molar-refractivity contribution is 0.0697. The third-order valence-corrected chi connectivity index (χ3v) is 3.38. The van der Waals surface area contributed by atoms with Crippen LogP contribution in [0, 0.1) is 13.8 Å². The monoisotopic (exact) mass is 267 g/mol.